The fourth-order valence-corrected chi connectivity index (χ4v) is 2.70. The van der Waals surface area contributed by atoms with Gasteiger partial charge in [-0.1, -0.05) is 23.7 Å². The molecule has 23 heavy (non-hydrogen) atoms. The zero-order valence-electron chi connectivity index (χ0n) is 12.4. The van der Waals surface area contributed by atoms with Crippen molar-refractivity contribution < 1.29 is 14.3 Å². The van der Waals surface area contributed by atoms with Gasteiger partial charge in [-0.2, -0.15) is 0 Å². The summed E-state index contributed by atoms with van der Waals surface area (Å²) in [5, 5.41) is 5.92. The Hall–Kier alpha value is -2.53. The van der Waals surface area contributed by atoms with E-state index in [1.54, 1.807) is 49.5 Å². The van der Waals surface area contributed by atoms with Gasteiger partial charge in [-0.3, -0.25) is 9.59 Å². The second-order valence-electron chi connectivity index (χ2n) is 5.18. The van der Waals surface area contributed by atoms with Gasteiger partial charge in [-0.15, -0.1) is 0 Å². The number of anilines is 1. The van der Waals surface area contributed by atoms with Gasteiger partial charge in [0.15, 0.2) is 6.10 Å². The lowest BCUT2D eigenvalue weighted by atomic mass is 10.1. The lowest BCUT2D eigenvalue weighted by Gasteiger charge is -2.13. The number of carbonyl (C=O) groups is 2. The predicted molar refractivity (Wildman–Crippen MR) is 88.0 cm³/mol. The Labute approximate surface area is 138 Å². The molecule has 0 aliphatic carbocycles. The molecule has 0 fully saturated rings. The van der Waals surface area contributed by atoms with Crippen molar-refractivity contribution in [2.24, 2.45) is 0 Å². The largest absolute Gasteiger partial charge is 0.480 e. The summed E-state index contributed by atoms with van der Waals surface area (Å²) < 4.78 is 5.65. The van der Waals surface area contributed by atoms with Gasteiger partial charge < -0.3 is 15.4 Å². The van der Waals surface area contributed by atoms with Crippen LogP contribution in [0.25, 0.3) is 0 Å². The first-order valence-electron chi connectivity index (χ1n) is 7.15. The number of hydrogen-bond acceptors (Lipinski definition) is 3. The van der Waals surface area contributed by atoms with Crippen molar-refractivity contribution in [3.63, 3.8) is 0 Å². The molecule has 1 heterocycles. The molecule has 0 saturated carbocycles. The molecule has 0 bridgehead atoms. The predicted octanol–water partition coefficient (Wildman–Crippen LogP) is 2.64. The van der Waals surface area contributed by atoms with Gasteiger partial charge >= 0.3 is 0 Å². The van der Waals surface area contributed by atoms with E-state index in [4.69, 9.17) is 16.3 Å². The summed E-state index contributed by atoms with van der Waals surface area (Å²) in [5.74, 6) is 0.103. The second-order valence-corrected chi connectivity index (χ2v) is 5.61. The molecule has 118 valence electrons. The van der Waals surface area contributed by atoms with Crippen LogP contribution in [0.1, 0.15) is 15.9 Å². The highest BCUT2D eigenvalue weighted by Gasteiger charge is 2.29. The Morgan fingerprint density at radius 2 is 2.00 bits per heavy atom. The van der Waals surface area contributed by atoms with Crippen LogP contribution in [0.4, 0.5) is 5.69 Å². The van der Waals surface area contributed by atoms with Gasteiger partial charge in [0.25, 0.3) is 11.8 Å². The molecule has 2 aromatic carbocycles. The highest BCUT2D eigenvalue weighted by molar-refractivity contribution is 6.30. The maximum atomic E-state index is 12.4. The summed E-state index contributed by atoms with van der Waals surface area (Å²) in [6, 6.07) is 12.1. The molecule has 1 aliphatic rings. The average Bonchev–Trinajstić information content (AvgIpc) is 2.98. The van der Waals surface area contributed by atoms with Crippen LogP contribution in [-0.2, 0) is 11.2 Å². The number of carbonyl (C=O) groups excluding carboxylic acids is 2. The minimum Gasteiger partial charge on any atom is -0.480 e. The van der Waals surface area contributed by atoms with E-state index in [1.807, 2.05) is 0 Å². The molecule has 2 aromatic rings. The number of rotatable bonds is 3. The van der Waals surface area contributed by atoms with Crippen LogP contribution < -0.4 is 15.4 Å². The van der Waals surface area contributed by atoms with Gasteiger partial charge in [0, 0.05) is 18.5 Å². The molecule has 2 amide bonds. The molecule has 3 rings (SSSR count). The summed E-state index contributed by atoms with van der Waals surface area (Å²) in [4.78, 5) is 24.3. The topological polar surface area (TPSA) is 67.4 Å². The van der Waals surface area contributed by atoms with Crippen molar-refractivity contribution in [1.29, 1.82) is 0 Å². The van der Waals surface area contributed by atoms with Crippen LogP contribution >= 0.6 is 11.6 Å². The summed E-state index contributed by atoms with van der Waals surface area (Å²) >= 11 is 5.95. The number of ether oxygens (including phenoxy) is 1. The third-order valence-corrected chi connectivity index (χ3v) is 3.88. The Morgan fingerprint density at radius 1 is 1.22 bits per heavy atom. The molecule has 0 radical (unpaired) electrons. The maximum absolute atomic E-state index is 12.4. The minimum absolute atomic E-state index is 0.261. The molecule has 2 N–H and O–H groups in total. The van der Waals surface area contributed by atoms with Crippen molar-refractivity contribution >= 4 is 29.1 Å². The highest BCUT2D eigenvalue weighted by Crippen LogP contribution is 2.31. The molecule has 5 nitrogen and oxygen atoms in total. The Bertz CT molecular complexity index is 776. The molecular formula is C17H15ClN2O3. The van der Waals surface area contributed by atoms with Gasteiger partial charge in [0.1, 0.15) is 5.75 Å². The Balaban J connectivity index is 1.76. The average molecular weight is 331 g/mol. The van der Waals surface area contributed by atoms with Gasteiger partial charge in [-0.05, 0) is 35.9 Å². The lowest BCUT2D eigenvalue weighted by molar-refractivity contribution is -0.122. The van der Waals surface area contributed by atoms with Crippen molar-refractivity contribution in [2.45, 2.75) is 12.5 Å². The fraction of sp³-hybridized carbons (Fsp3) is 0.176. The van der Waals surface area contributed by atoms with E-state index in [1.165, 1.54) is 0 Å². The van der Waals surface area contributed by atoms with E-state index >= 15 is 0 Å². The molecule has 1 atom stereocenters. The van der Waals surface area contributed by atoms with Crippen LogP contribution in [0.2, 0.25) is 5.02 Å². The standard InChI is InChI=1S/C17H15ClN2O3/c1-19-16(21)12-4-2-3-5-13(12)20-17(22)15-9-10-8-11(18)6-7-14(10)23-15/h2-8,15H,9H2,1H3,(H,19,21)(H,20,22). The molecule has 6 heteroatoms. The molecule has 0 saturated heterocycles. The number of benzene rings is 2. The minimum atomic E-state index is -0.638. The molecule has 0 aromatic heterocycles. The zero-order chi connectivity index (χ0) is 16.4. The van der Waals surface area contributed by atoms with E-state index < -0.39 is 6.10 Å². The van der Waals surface area contributed by atoms with Crippen molar-refractivity contribution in [1.82, 2.24) is 5.32 Å². The van der Waals surface area contributed by atoms with Gasteiger partial charge in [0.05, 0.1) is 11.3 Å². The van der Waals surface area contributed by atoms with Gasteiger partial charge in [0.2, 0.25) is 0 Å². The van der Waals surface area contributed by atoms with Crippen LogP contribution in [0.3, 0.4) is 0 Å². The fourth-order valence-electron chi connectivity index (χ4n) is 2.50. The van der Waals surface area contributed by atoms with Crippen molar-refractivity contribution in [2.75, 3.05) is 12.4 Å². The number of para-hydroxylation sites is 1. The number of halogens is 1. The number of amides is 2. The van der Waals surface area contributed by atoms with E-state index in [-0.39, 0.29) is 11.8 Å². The van der Waals surface area contributed by atoms with Gasteiger partial charge in [-0.25, -0.2) is 0 Å². The molecule has 1 unspecified atom stereocenters. The first-order valence-corrected chi connectivity index (χ1v) is 7.53. The SMILES string of the molecule is CNC(=O)c1ccccc1NC(=O)C1Cc2cc(Cl)ccc2O1. The van der Waals surface area contributed by atoms with E-state index in [0.29, 0.717) is 28.4 Å². The van der Waals surface area contributed by atoms with Crippen LogP contribution in [-0.4, -0.2) is 25.0 Å². The molecular weight excluding hydrogens is 316 g/mol. The smallest absolute Gasteiger partial charge is 0.265 e. The quantitative estimate of drug-likeness (QED) is 0.909. The van der Waals surface area contributed by atoms with E-state index in [2.05, 4.69) is 10.6 Å². The van der Waals surface area contributed by atoms with Crippen molar-refractivity contribution in [3.8, 4) is 5.75 Å². The van der Waals surface area contributed by atoms with E-state index in [9.17, 15) is 9.59 Å². The Kier molecular flexibility index (Phi) is 4.21. The first kappa shape index (κ1) is 15.4. The zero-order valence-corrected chi connectivity index (χ0v) is 13.2. The van der Waals surface area contributed by atoms with E-state index in [0.717, 1.165) is 5.56 Å². The van der Waals surface area contributed by atoms with Crippen LogP contribution in [0.5, 0.6) is 5.75 Å². The van der Waals surface area contributed by atoms with Crippen LogP contribution in [0.15, 0.2) is 42.5 Å². The number of nitrogens with one attached hydrogen (secondary N) is 2. The maximum Gasteiger partial charge on any atom is 0.265 e. The third kappa shape index (κ3) is 3.14. The number of fused-ring (bicyclic) bond motifs is 1. The number of hydrogen-bond donors (Lipinski definition) is 2. The summed E-state index contributed by atoms with van der Waals surface area (Å²) in [6.07, 6.45) is -0.189. The summed E-state index contributed by atoms with van der Waals surface area (Å²) in [7, 11) is 1.54. The van der Waals surface area contributed by atoms with Crippen LogP contribution in [0, 0.1) is 0 Å². The summed E-state index contributed by atoms with van der Waals surface area (Å²) in [6.45, 7) is 0. The Morgan fingerprint density at radius 3 is 2.78 bits per heavy atom. The monoisotopic (exact) mass is 330 g/mol. The third-order valence-electron chi connectivity index (χ3n) is 3.65. The van der Waals surface area contributed by atoms with Crippen molar-refractivity contribution in [3.05, 3.63) is 58.6 Å². The molecule has 1 aliphatic heterocycles. The highest BCUT2D eigenvalue weighted by atomic mass is 35.5. The second kappa shape index (κ2) is 6.30. The normalized spacial score (nSPS) is 15.5. The first-order chi connectivity index (χ1) is 11.1. The summed E-state index contributed by atoms with van der Waals surface area (Å²) in [5.41, 5.74) is 1.76. The molecule has 0 spiro atoms. The lowest BCUT2D eigenvalue weighted by Crippen LogP contribution is -2.32.